The van der Waals surface area contributed by atoms with E-state index in [1.807, 2.05) is 17.7 Å². The number of pyridine rings is 1. The zero-order valence-electron chi connectivity index (χ0n) is 10.2. The molecule has 2 aromatic rings. The van der Waals surface area contributed by atoms with Gasteiger partial charge in [-0.2, -0.15) is 0 Å². The lowest BCUT2D eigenvalue weighted by Crippen LogP contribution is -2.22. The largest absolute Gasteiger partial charge is 0.478 e. The van der Waals surface area contributed by atoms with Crippen LogP contribution in [-0.4, -0.2) is 31.7 Å². The molecule has 0 aliphatic heterocycles. The van der Waals surface area contributed by atoms with Crippen LogP contribution in [0, 0.1) is 0 Å². The molecule has 0 radical (unpaired) electrons. The van der Waals surface area contributed by atoms with E-state index in [1.165, 1.54) is 12.3 Å². The third kappa shape index (κ3) is 3.23. The van der Waals surface area contributed by atoms with Crippen LogP contribution in [0.4, 0.5) is 5.82 Å². The molecule has 19 heavy (non-hydrogen) atoms. The van der Waals surface area contributed by atoms with Crippen LogP contribution in [0.2, 0.25) is 5.02 Å². The van der Waals surface area contributed by atoms with Gasteiger partial charge in [-0.25, -0.2) is 14.8 Å². The minimum absolute atomic E-state index is 0.0308. The van der Waals surface area contributed by atoms with E-state index >= 15 is 0 Å². The molecule has 0 fully saturated rings. The van der Waals surface area contributed by atoms with Gasteiger partial charge in [0.25, 0.3) is 0 Å². The summed E-state index contributed by atoms with van der Waals surface area (Å²) in [6.45, 7) is 2.63. The summed E-state index contributed by atoms with van der Waals surface area (Å²) in [5, 5.41) is 12.2. The highest BCUT2D eigenvalue weighted by molar-refractivity contribution is 6.35. The Balaban J connectivity index is 2.10. The average molecular weight is 281 g/mol. The predicted octanol–water partition coefficient (Wildman–Crippen LogP) is 2.13. The highest BCUT2D eigenvalue weighted by atomic mass is 35.5. The van der Waals surface area contributed by atoms with E-state index in [0.29, 0.717) is 12.4 Å². The first-order valence-corrected chi connectivity index (χ1v) is 6.06. The number of hydrogen-bond acceptors (Lipinski definition) is 4. The minimum Gasteiger partial charge on any atom is -0.478 e. The number of aromatic nitrogens is 3. The maximum absolute atomic E-state index is 11.0. The maximum Gasteiger partial charge on any atom is 0.337 e. The van der Waals surface area contributed by atoms with E-state index in [0.717, 1.165) is 0 Å². The Morgan fingerprint density at radius 2 is 2.37 bits per heavy atom. The first-order chi connectivity index (χ1) is 9.08. The van der Waals surface area contributed by atoms with Gasteiger partial charge in [0, 0.05) is 31.2 Å². The molecule has 0 spiro atoms. The Morgan fingerprint density at radius 1 is 1.58 bits per heavy atom. The number of halogens is 1. The van der Waals surface area contributed by atoms with E-state index in [2.05, 4.69) is 15.3 Å². The molecule has 1 unspecified atom stereocenters. The van der Waals surface area contributed by atoms with E-state index in [9.17, 15) is 4.79 Å². The molecule has 0 bridgehead atoms. The molecule has 2 N–H and O–H groups in total. The number of nitrogens with one attached hydrogen (secondary N) is 1. The van der Waals surface area contributed by atoms with Crippen molar-refractivity contribution in [2.45, 2.75) is 19.5 Å². The molecule has 7 heteroatoms. The van der Waals surface area contributed by atoms with Crippen molar-refractivity contribution in [1.82, 2.24) is 14.5 Å². The van der Waals surface area contributed by atoms with Crippen LogP contribution in [0.15, 0.2) is 31.0 Å². The second-order valence-corrected chi connectivity index (χ2v) is 4.51. The number of anilines is 1. The van der Waals surface area contributed by atoms with Crippen LogP contribution in [0.25, 0.3) is 0 Å². The van der Waals surface area contributed by atoms with Gasteiger partial charge in [-0.15, -0.1) is 0 Å². The molecule has 0 saturated carbocycles. The average Bonchev–Trinajstić information content (AvgIpc) is 2.84. The van der Waals surface area contributed by atoms with Crippen molar-refractivity contribution in [1.29, 1.82) is 0 Å². The molecule has 100 valence electrons. The normalized spacial score (nSPS) is 12.1. The Kier molecular flexibility index (Phi) is 4.01. The van der Waals surface area contributed by atoms with Crippen LogP contribution in [0.5, 0.6) is 0 Å². The number of hydrogen-bond donors (Lipinski definition) is 2. The molecule has 0 aliphatic carbocycles. The Hall–Kier alpha value is -2.08. The molecule has 2 rings (SSSR count). The van der Waals surface area contributed by atoms with Gasteiger partial charge in [0.2, 0.25) is 0 Å². The third-order valence-corrected chi connectivity index (χ3v) is 2.93. The van der Waals surface area contributed by atoms with E-state index in [4.69, 9.17) is 16.7 Å². The summed E-state index contributed by atoms with van der Waals surface area (Å²) in [4.78, 5) is 19.0. The first kappa shape index (κ1) is 13.4. The molecule has 0 amide bonds. The van der Waals surface area contributed by atoms with Crippen LogP contribution < -0.4 is 5.32 Å². The molecule has 2 heterocycles. The summed E-state index contributed by atoms with van der Waals surface area (Å²) in [5.74, 6) is -0.702. The van der Waals surface area contributed by atoms with Crippen molar-refractivity contribution in [2.24, 2.45) is 0 Å². The standard InChI is InChI=1S/C12H13ClN4O2/c1-8(6-17-5-4-14-7-17)16-11-10(13)9(12(18)19)2-3-15-11/h2-5,7-8H,6H2,1H3,(H,15,16)(H,18,19). The fraction of sp³-hybridized carbons (Fsp3) is 0.250. The molecule has 0 aromatic carbocycles. The minimum atomic E-state index is -1.07. The van der Waals surface area contributed by atoms with E-state index in [1.54, 1.807) is 12.5 Å². The molecule has 0 aliphatic rings. The number of imidazole rings is 1. The smallest absolute Gasteiger partial charge is 0.337 e. The Bertz CT molecular complexity index is 571. The lowest BCUT2D eigenvalue weighted by Gasteiger charge is -2.16. The number of aromatic carboxylic acids is 1. The van der Waals surface area contributed by atoms with Crippen molar-refractivity contribution in [2.75, 3.05) is 5.32 Å². The van der Waals surface area contributed by atoms with E-state index < -0.39 is 5.97 Å². The van der Waals surface area contributed by atoms with Crippen LogP contribution in [-0.2, 0) is 6.54 Å². The SMILES string of the molecule is CC(Cn1ccnc1)Nc1nccc(C(=O)O)c1Cl. The van der Waals surface area contributed by atoms with Gasteiger partial charge >= 0.3 is 5.97 Å². The molecular weight excluding hydrogens is 268 g/mol. The summed E-state index contributed by atoms with van der Waals surface area (Å²) in [7, 11) is 0. The lowest BCUT2D eigenvalue weighted by molar-refractivity contribution is 0.0697. The van der Waals surface area contributed by atoms with Crippen molar-refractivity contribution in [3.05, 3.63) is 41.6 Å². The number of carbonyl (C=O) groups is 1. The fourth-order valence-electron chi connectivity index (χ4n) is 1.70. The number of carboxylic acid groups (broad SMARTS) is 1. The Morgan fingerprint density at radius 3 is 3.00 bits per heavy atom. The summed E-state index contributed by atoms with van der Waals surface area (Å²) in [5.41, 5.74) is 0.0361. The zero-order chi connectivity index (χ0) is 13.8. The van der Waals surface area contributed by atoms with Crippen molar-refractivity contribution in [3.63, 3.8) is 0 Å². The van der Waals surface area contributed by atoms with E-state index in [-0.39, 0.29) is 16.6 Å². The molecule has 1 atom stereocenters. The Labute approximate surface area is 115 Å². The van der Waals surface area contributed by atoms with Crippen LogP contribution in [0.1, 0.15) is 17.3 Å². The zero-order valence-corrected chi connectivity index (χ0v) is 11.0. The monoisotopic (exact) mass is 280 g/mol. The number of rotatable bonds is 5. The van der Waals surface area contributed by atoms with Crippen molar-refractivity contribution in [3.8, 4) is 0 Å². The van der Waals surface area contributed by atoms with Crippen LogP contribution in [0.3, 0.4) is 0 Å². The number of carboxylic acids is 1. The van der Waals surface area contributed by atoms with Gasteiger partial charge in [-0.3, -0.25) is 0 Å². The van der Waals surface area contributed by atoms with Gasteiger partial charge in [-0.05, 0) is 13.0 Å². The topological polar surface area (TPSA) is 80.0 Å². The fourth-order valence-corrected chi connectivity index (χ4v) is 1.95. The maximum atomic E-state index is 11.0. The molecule has 0 saturated heterocycles. The third-order valence-electron chi connectivity index (χ3n) is 2.55. The lowest BCUT2D eigenvalue weighted by atomic mass is 10.2. The molecule has 2 aromatic heterocycles. The summed E-state index contributed by atoms with van der Waals surface area (Å²) < 4.78 is 1.91. The van der Waals surface area contributed by atoms with Gasteiger partial charge < -0.3 is 15.0 Å². The van der Waals surface area contributed by atoms with Crippen molar-refractivity contribution < 1.29 is 9.90 Å². The summed E-state index contributed by atoms with van der Waals surface area (Å²) in [6.07, 6.45) is 6.67. The molecule has 6 nitrogen and oxygen atoms in total. The quantitative estimate of drug-likeness (QED) is 0.877. The van der Waals surface area contributed by atoms with Gasteiger partial charge in [0.1, 0.15) is 5.82 Å². The van der Waals surface area contributed by atoms with Crippen molar-refractivity contribution >= 4 is 23.4 Å². The second kappa shape index (κ2) is 5.71. The van der Waals surface area contributed by atoms with Gasteiger partial charge in [0.15, 0.2) is 0 Å². The summed E-state index contributed by atoms with van der Waals surface area (Å²) in [6, 6.07) is 1.40. The highest BCUT2D eigenvalue weighted by Crippen LogP contribution is 2.24. The van der Waals surface area contributed by atoms with Gasteiger partial charge in [-0.1, -0.05) is 11.6 Å². The molecular formula is C12H13ClN4O2. The highest BCUT2D eigenvalue weighted by Gasteiger charge is 2.14. The predicted molar refractivity (Wildman–Crippen MR) is 71.5 cm³/mol. The van der Waals surface area contributed by atoms with Crippen LogP contribution >= 0.6 is 11.6 Å². The first-order valence-electron chi connectivity index (χ1n) is 5.68. The van der Waals surface area contributed by atoms with Gasteiger partial charge in [0.05, 0.1) is 16.9 Å². The second-order valence-electron chi connectivity index (χ2n) is 4.13. The summed E-state index contributed by atoms with van der Waals surface area (Å²) >= 11 is 6.00. The number of nitrogens with zero attached hydrogens (tertiary/aromatic N) is 3.